The predicted molar refractivity (Wildman–Crippen MR) is 60.7 cm³/mol. The lowest BCUT2D eigenvalue weighted by atomic mass is 10.2. The van der Waals surface area contributed by atoms with Gasteiger partial charge in [-0.2, -0.15) is 0 Å². The molecule has 0 spiro atoms. The van der Waals surface area contributed by atoms with Crippen molar-refractivity contribution in [1.29, 1.82) is 0 Å². The van der Waals surface area contributed by atoms with Gasteiger partial charge in [0.2, 0.25) is 0 Å². The third-order valence-corrected chi connectivity index (χ3v) is 2.56. The first-order valence-corrected chi connectivity index (χ1v) is 5.00. The lowest BCUT2D eigenvalue weighted by molar-refractivity contribution is 0.356. The van der Waals surface area contributed by atoms with Crippen LogP contribution in [0.1, 0.15) is 6.92 Å². The first-order chi connectivity index (χ1) is 7.28. The molecule has 0 radical (unpaired) electrons. The zero-order chi connectivity index (χ0) is 10.8. The molecule has 2 aromatic rings. The summed E-state index contributed by atoms with van der Waals surface area (Å²) in [5.41, 5.74) is 0. The van der Waals surface area contributed by atoms with Gasteiger partial charge in [-0.25, -0.2) is 0 Å². The third-order valence-electron chi connectivity index (χ3n) is 2.56. The molecule has 0 amide bonds. The highest BCUT2D eigenvalue weighted by Crippen LogP contribution is 2.32. The number of hydrogen-bond acceptors (Lipinski definition) is 2. The Labute approximate surface area is 89.2 Å². The van der Waals surface area contributed by atoms with E-state index in [1.54, 1.807) is 14.2 Å². The zero-order valence-electron chi connectivity index (χ0n) is 9.28. The number of rotatable bonds is 3. The van der Waals surface area contributed by atoms with Crippen molar-refractivity contribution < 1.29 is 9.47 Å². The molecule has 0 bridgehead atoms. The van der Waals surface area contributed by atoms with Gasteiger partial charge in [-0.15, -0.1) is 0 Å². The Morgan fingerprint density at radius 1 is 1.00 bits per heavy atom. The molecule has 15 heavy (non-hydrogen) atoms. The van der Waals surface area contributed by atoms with E-state index >= 15 is 0 Å². The van der Waals surface area contributed by atoms with Crippen LogP contribution in [-0.2, 0) is 6.54 Å². The van der Waals surface area contributed by atoms with E-state index in [0.29, 0.717) is 0 Å². The standard InChI is InChI=1S/C12H15NO2/c1-4-13-7-9-5-11(14-2)12(15-3)6-10(9)8-13/h5-8H,4H2,1-3H3. The number of aryl methyl sites for hydroxylation is 1. The summed E-state index contributed by atoms with van der Waals surface area (Å²) in [7, 11) is 3.31. The Hall–Kier alpha value is -1.64. The summed E-state index contributed by atoms with van der Waals surface area (Å²) in [6, 6.07) is 4.00. The van der Waals surface area contributed by atoms with E-state index in [1.165, 1.54) is 10.8 Å². The van der Waals surface area contributed by atoms with E-state index in [4.69, 9.17) is 9.47 Å². The Bertz CT molecular complexity index is 433. The second-order valence-electron chi connectivity index (χ2n) is 3.42. The molecule has 3 nitrogen and oxygen atoms in total. The number of fused-ring (bicyclic) bond motifs is 1. The maximum atomic E-state index is 5.25. The second kappa shape index (κ2) is 3.85. The largest absolute Gasteiger partial charge is 0.493 e. The van der Waals surface area contributed by atoms with Gasteiger partial charge >= 0.3 is 0 Å². The van der Waals surface area contributed by atoms with Crippen molar-refractivity contribution in [2.24, 2.45) is 0 Å². The molecule has 3 heteroatoms. The fraction of sp³-hybridized carbons (Fsp3) is 0.333. The minimum Gasteiger partial charge on any atom is -0.493 e. The summed E-state index contributed by atoms with van der Waals surface area (Å²) in [5.74, 6) is 1.55. The van der Waals surface area contributed by atoms with Crippen LogP contribution in [0.2, 0.25) is 0 Å². The molecular formula is C12H15NO2. The molecule has 0 aliphatic carbocycles. The lowest BCUT2D eigenvalue weighted by Crippen LogP contribution is -1.89. The number of methoxy groups -OCH3 is 2. The van der Waals surface area contributed by atoms with Crippen LogP contribution in [0.5, 0.6) is 11.5 Å². The lowest BCUT2D eigenvalue weighted by Gasteiger charge is -2.06. The van der Waals surface area contributed by atoms with Crippen molar-refractivity contribution in [2.45, 2.75) is 13.5 Å². The van der Waals surface area contributed by atoms with Crippen LogP contribution in [0, 0.1) is 0 Å². The Morgan fingerprint density at radius 3 is 1.80 bits per heavy atom. The summed E-state index contributed by atoms with van der Waals surface area (Å²) in [4.78, 5) is 0. The van der Waals surface area contributed by atoms with Crippen molar-refractivity contribution in [3.8, 4) is 11.5 Å². The molecule has 0 N–H and O–H groups in total. The molecule has 0 atom stereocenters. The monoisotopic (exact) mass is 205 g/mol. The summed E-state index contributed by atoms with van der Waals surface area (Å²) in [6.07, 6.45) is 4.22. The SMILES string of the molecule is CCn1cc2cc(OC)c(OC)cc2c1. The van der Waals surface area contributed by atoms with E-state index in [0.717, 1.165) is 18.0 Å². The van der Waals surface area contributed by atoms with Gasteiger partial charge < -0.3 is 14.0 Å². The normalized spacial score (nSPS) is 10.6. The quantitative estimate of drug-likeness (QED) is 0.769. The third kappa shape index (κ3) is 1.65. The first kappa shape index (κ1) is 9.90. The van der Waals surface area contributed by atoms with Crippen LogP contribution < -0.4 is 9.47 Å². The van der Waals surface area contributed by atoms with Gasteiger partial charge in [-0.3, -0.25) is 0 Å². The smallest absolute Gasteiger partial charge is 0.161 e. The number of ether oxygens (including phenoxy) is 2. The van der Waals surface area contributed by atoms with Crippen molar-refractivity contribution in [2.75, 3.05) is 14.2 Å². The van der Waals surface area contributed by atoms with Crippen LogP contribution in [-0.4, -0.2) is 18.8 Å². The van der Waals surface area contributed by atoms with Gasteiger partial charge in [-0.1, -0.05) is 0 Å². The highest BCUT2D eigenvalue weighted by atomic mass is 16.5. The molecular weight excluding hydrogens is 190 g/mol. The summed E-state index contributed by atoms with van der Waals surface area (Å²) in [5, 5.41) is 2.35. The van der Waals surface area contributed by atoms with Crippen LogP contribution >= 0.6 is 0 Å². The van der Waals surface area contributed by atoms with E-state index in [2.05, 4.69) is 23.9 Å². The molecule has 0 unspecified atom stereocenters. The number of nitrogens with zero attached hydrogens (tertiary/aromatic N) is 1. The van der Waals surface area contributed by atoms with E-state index < -0.39 is 0 Å². The summed E-state index contributed by atoms with van der Waals surface area (Å²) in [6.45, 7) is 3.09. The van der Waals surface area contributed by atoms with Crippen molar-refractivity contribution in [1.82, 2.24) is 4.57 Å². The minimum atomic E-state index is 0.777. The fourth-order valence-corrected chi connectivity index (χ4v) is 1.71. The Kier molecular flexibility index (Phi) is 2.54. The highest BCUT2D eigenvalue weighted by Gasteiger charge is 2.06. The molecule has 0 aliphatic heterocycles. The number of benzene rings is 1. The van der Waals surface area contributed by atoms with Gasteiger partial charge in [0.05, 0.1) is 14.2 Å². The number of aromatic nitrogens is 1. The molecule has 1 aromatic heterocycles. The highest BCUT2D eigenvalue weighted by molar-refractivity contribution is 5.86. The van der Waals surface area contributed by atoms with E-state index in [1.807, 2.05) is 12.1 Å². The molecule has 1 heterocycles. The molecule has 0 saturated carbocycles. The van der Waals surface area contributed by atoms with Crippen molar-refractivity contribution in [3.05, 3.63) is 24.5 Å². The van der Waals surface area contributed by atoms with Crippen LogP contribution in [0.25, 0.3) is 10.8 Å². The average Bonchev–Trinajstić information content (AvgIpc) is 2.68. The minimum absolute atomic E-state index is 0.777. The number of hydrogen-bond donors (Lipinski definition) is 0. The molecule has 80 valence electrons. The molecule has 0 saturated heterocycles. The van der Waals surface area contributed by atoms with Gasteiger partial charge in [0.25, 0.3) is 0 Å². The Balaban J connectivity index is 2.61. The maximum Gasteiger partial charge on any atom is 0.161 e. The topological polar surface area (TPSA) is 23.4 Å². The van der Waals surface area contributed by atoms with Gasteiger partial charge in [0.15, 0.2) is 11.5 Å². The van der Waals surface area contributed by atoms with Crippen LogP contribution in [0.3, 0.4) is 0 Å². The van der Waals surface area contributed by atoms with Gasteiger partial charge in [0.1, 0.15) is 0 Å². The van der Waals surface area contributed by atoms with Crippen LogP contribution in [0.15, 0.2) is 24.5 Å². The molecule has 0 aliphatic rings. The average molecular weight is 205 g/mol. The Morgan fingerprint density at radius 2 is 1.47 bits per heavy atom. The second-order valence-corrected chi connectivity index (χ2v) is 3.42. The zero-order valence-corrected chi connectivity index (χ0v) is 9.28. The van der Waals surface area contributed by atoms with E-state index in [9.17, 15) is 0 Å². The van der Waals surface area contributed by atoms with E-state index in [-0.39, 0.29) is 0 Å². The molecule has 2 rings (SSSR count). The van der Waals surface area contributed by atoms with Crippen molar-refractivity contribution >= 4 is 10.8 Å². The van der Waals surface area contributed by atoms with Crippen molar-refractivity contribution in [3.63, 3.8) is 0 Å². The van der Waals surface area contributed by atoms with Gasteiger partial charge in [0, 0.05) is 29.7 Å². The van der Waals surface area contributed by atoms with Gasteiger partial charge in [-0.05, 0) is 19.1 Å². The molecule has 0 fully saturated rings. The first-order valence-electron chi connectivity index (χ1n) is 5.00. The molecule has 1 aromatic carbocycles. The van der Waals surface area contributed by atoms with Crippen LogP contribution in [0.4, 0.5) is 0 Å². The fourth-order valence-electron chi connectivity index (χ4n) is 1.71. The predicted octanol–water partition coefficient (Wildman–Crippen LogP) is 2.68. The maximum absolute atomic E-state index is 5.25. The summed E-state index contributed by atoms with van der Waals surface area (Å²) < 4.78 is 12.6. The summed E-state index contributed by atoms with van der Waals surface area (Å²) >= 11 is 0.